The van der Waals surface area contributed by atoms with E-state index in [4.69, 9.17) is 20.6 Å². The van der Waals surface area contributed by atoms with E-state index in [1.807, 2.05) is 5.55 Å². The molecule has 10 nitrogen and oxygen atoms in total. The third kappa shape index (κ3) is 6.97. The largest absolute Gasteiger partial charge is 0.387 e. The van der Waals surface area contributed by atoms with E-state index in [9.17, 15) is 30.8 Å². The van der Waals surface area contributed by atoms with Gasteiger partial charge in [-0.05, 0) is 36.7 Å². The minimum atomic E-state index is -3.68. The minimum Gasteiger partial charge on any atom is -0.387 e. The average Bonchev–Trinajstić information content (AvgIpc) is 3.67. The Balaban J connectivity index is 1.13. The standard InChI is InChI=1S/C25H30ClF4N5O5S2/c1-42(37,38)40-16-3-2-7-25(26,12-16)20-6-10-35(39-20)21-14-41(15-31-21)17-4-8-33(9-5-17)22(36)13-34-19(24(29)30)11-18(32-34)23(27)28/h2-3,7,11,14-15,17,20,23-24,41H,4-6,8-10,12-13H2,1H3/t20-,25?/m0/s1. The van der Waals surface area contributed by atoms with Crippen molar-refractivity contribution >= 4 is 44.1 Å². The van der Waals surface area contributed by atoms with Crippen molar-refractivity contribution in [3.8, 4) is 0 Å². The summed E-state index contributed by atoms with van der Waals surface area (Å²) >= 11 is 6.84. The number of likely N-dealkylation sites (tertiary alicyclic amines) is 1. The zero-order chi connectivity index (χ0) is 30.2. The highest BCUT2D eigenvalue weighted by atomic mass is 35.5. The molecule has 0 N–H and O–H groups in total. The van der Waals surface area contributed by atoms with Crippen LogP contribution in [0.5, 0.6) is 0 Å². The van der Waals surface area contributed by atoms with Gasteiger partial charge in [-0.15, -0.1) is 11.6 Å². The van der Waals surface area contributed by atoms with E-state index in [0.717, 1.165) is 6.26 Å². The second-order valence-electron chi connectivity index (χ2n) is 10.4. The maximum atomic E-state index is 13.3. The SMILES string of the molecule is CS(=O)(=O)OC1=CC=CC(Cl)([C@@H]2CCN(C3=C[SH](C4CCN(C(=O)Cn5nc(C(F)F)cc5C(F)F)CC4)C=N3)O2)C1. The first-order chi connectivity index (χ1) is 19.8. The van der Waals surface area contributed by atoms with E-state index in [2.05, 4.69) is 15.5 Å². The number of alkyl halides is 5. The summed E-state index contributed by atoms with van der Waals surface area (Å²) in [6.07, 6.45) is 1.57. The van der Waals surface area contributed by atoms with E-state index in [1.54, 1.807) is 28.2 Å². The number of thiol groups is 1. The molecule has 232 valence electrons. The van der Waals surface area contributed by atoms with Crippen LogP contribution in [0.15, 0.2) is 46.3 Å². The first-order valence-corrected chi connectivity index (χ1v) is 16.9. The van der Waals surface area contributed by atoms with E-state index < -0.39 is 68.7 Å². The van der Waals surface area contributed by atoms with E-state index in [0.29, 0.717) is 55.5 Å². The Morgan fingerprint density at radius 1 is 1.21 bits per heavy atom. The van der Waals surface area contributed by atoms with E-state index >= 15 is 0 Å². The summed E-state index contributed by atoms with van der Waals surface area (Å²) in [6.45, 7) is 0.821. The summed E-state index contributed by atoms with van der Waals surface area (Å²) < 4.78 is 81.2. The number of rotatable bonds is 9. The van der Waals surface area contributed by atoms with Crippen molar-refractivity contribution in [3.63, 3.8) is 0 Å². The molecule has 4 heterocycles. The van der Waals surface area contributed by atoms with Crippen LogP contribution in [0.3, 0.4) is 0 Å². The summed E-state index contributed by atoms with van der Waals surface area (Å²) in [5, 5.41) is 7.49. The maximum absolute atomic E-state index is 13.3. The maximum Gasteiger partial charge on any atom is 0.305 e. The van der Waals surface area contributed by atoms with Crippen LogP contribution in [0.4, 0.5) is 17.6 Å². The van der Waals surface area contributed by atoms with Gasteiger partial charge in [-0.1, -0.05) is 12.2 Å². The van der Waals surface area contributed by atoms with Crippen LogP contribution in [0.2, 0.25) is 0 Å². The van der Waals surface area contributed by atoms with Gasteiger partial charge in [-0.3, -0.25) is 14.3 Å². The fourth-order valence-electron chi connectivity index (χ4n) is 5.32. The van der Waals surface area contributed by atoms with Crippen LogP contribution in [0.25, 0.3) is 0 Å². The molecule has 0 aromatic carbocycles. The van der Waals surface area contributed by atoms with Crippen molar-refractivity contribution in [2.75, 3.05) is 25.9 Å². The van der Waals surface area contributed by atoms with Crippen molar-refractivity contribution in [3.05, 3.63) is 52.7 Å². The number of amides is 1. The molecule has 42 heavy (non-hydrogen) atoms. The quantitative estimate of drug-likeness (QED) is 0.182. The number of hydrogen-bond acceptors (Lipinski definition) is 8. The molecule has 4 aliphatic rings. The van der Waals surface area contributed by atoms with Gasteiger partial charge in [0.25, 0.3) is 12.9 Å². The van der Waals surface area contributed by atoms with Gasteiger partial charge in [0.1, 0.15) is 29.8 Å². The van der Waals surface area contributed by atoms with Crippen molar-refractivity contribution < 1.29 is 39.8 Å². The van der Waals surface area contributed by atoms with Gasteiger partial charge in [0.15, 0.2) is 5.82 Å². The summed E-state index contributed by atoms with van der Waals surface area (Å²) in [6, 6.07) is 0.633. The molecule has 1 aromatic rings. The molecule has 1 aliphatic carbocycles. The number of nitrogens with zero attached hydrogens (tertiary/aromatic N) is 5. The molecule has 3 aliphatic heterocycles. The number of carbonyl (C=O) groups excluding carboxylic acids is 1. The molecule has 5 rings (SSSR count). The molecule has 0 radical (unpaired) electrons. The molecule has 0 saturated carbocycles. The molecule has 0 bridgehead atoms. The Kier molecular flexibility index (Phi) is 8.98. The molecular formula is C25H30ClF4N5O5S2. The van der Waals surface area contributed by atoms with Crippen molar-refractivity contribution in [2.45, 2.75) is 61.3 Å². The Morgan fingerprint density at radius 3 is 2.62 bits per heavy atom. The third-order valence-electron chi connectivity index (χ3n) is 7.39. The Labute approximate surface area is 248 Å². The number of hydroxylamine groups is 2. The van der Waals surface area contributed by atoms with Crippen molar-refractivity contribution in [1.82, 2.24) is 19.7 Å². The molecule has 3 atom stereocenters. The number of piperidine rings is 1. The number of aromatic nitrogens is 2. The lowest BCUT2D eigenvalue weighted by Crippen LogP contribution is -2.41. The third-order valence-corrected chi connectivity index (χ3v) is 10.7. The van der Waals surface area contributed by atoms with Gasteiger partial charge >= 0.3 is 10.1 Å². The molecular weight excluding hydrogens is 626 g/mol. The lowest BCUT2D eigenvalue weighted by molar-refractivity contribution is -0.133. The Morgan fingerprint density at radius 2 is 1.95 bits per heavy atom. The molecule has 0 spiro atoms. The molecule has 2 fully saturated rings. The number of carbonyl (C=O) groups is 1. The van der Waals surface area contributed by atoms with Gasteiger partial charge in [-0.2, -0.15) is 24.4 Å². The van der Waals surface area contributed by atoms with Gasteiger partial charge in [0.2, 0.25) is 5.91 Å². The zero-order valence-electron chi connectivity index (χ0n) is 22.5. The second kappa shape index (κ2) is 12.2. The van der Waals surface area contributed by atoms with E-state index in [-0.39, 0.29) is 17.4 Å². The molecule has 1 amide bonds. The molecule has 1 aromatic heterocycles. The molecule has 2 saturated heterocycles. The minimum absolute atomic E-state index is 0.153. The fraction of sp³-hybridized carbons (Fsp3) is 0.560. The van der Waals surface area contributed by atoms with Crippen LogP contribution < -0.4 is 0 Å². The summed E-state index contributed by atoms with van der Waals surface area (Å²) in [4.78, 5) is 24.0. The first-order valence-electron chi connectivity index (χ1n) is 13.2. The summed E-state index contributed by atoms with van der Waals surface area (Å²) in [5.74, 6) is 0.449. The normalized spacial score (nSPS) is 27.7. The van der Waals surface area contributed by atoms with Crippen molar-refractivity contribution in [1.29, 1.82) is 0 Å². The van der Waals surface area contributed by atoms with Crippen molar-refractivity contribution in [2.24, 2.45) is 4.99 Å². The zero-order valence-corrected chi connectivity index (χ0v) is 24.9. The topological polar surface area (TPSA) is 106 Å². The number of halogens is 5. The number of aliphatic imine (C=N–C) groups is 1. The van der Waals surface area contributed by atoms with Gasteiger partial charge in [-0.25, -0.2) is 27.6 Å². The van der Waals surface area contributed by atoms with Gasteiger partial charge in [0.05, 0.1) is 17.7 Å². The van der Waals surface area contributed by atoms with Crippen LogP contribution in [-0.4, -0.2) is 81.7 Å². The van der Waals surface area contributed by atoms with Crippen LogP contribution >= 0.6 is 22.5 Å². The highest BCUT2D eigenvalue weighted by Gasteiger charge is 2.44. The lowest BCUT2D eigenvalue weighted by Gasteiger charge is -2.35. The average molecular weight is 656 g/mol. The summed E-state index contributed by atoms with van der Waals surface area (Å²) in [5.41, 5.74) is 0.406. The van der Waals surface area contributed by atoms with Crippen LogP contribution in [0, 0.1) is 0 Å². The first kappa shape index (κ1) is 30.9. The lowest BCUT2D eigenvalue weighted by atomic mass is 9.91. The van der Waals surface area contributed by atoms with Gasteiger partial charge < -0.3 is 9.08 Å². The van der Waals surface area contributed by atoms with E-state index in [1.165, 1.54) is 0 Å². The number of allylic oxidation sites excluding steroid dienone is 3. The second-order valence-corrected chi connectivity index (χ2v) is 14.8. The highest BCUT2D eigenvalue weighted by molar-refractivity contribution is 8.31. The predicted molar refractivity (Wildman–Crippen MR) is 150 cm³/mol. The number of hydrogen-bond donors (Lipinski definition) is 1. The molecule has 17 heteroatoms. The molecule has 2 unspecified atom stereocenters. The predicted octanol–water partition coefficient (Wildman–Crippen LogP) is 4.39. The Bertz CT molecular complexity index is 1430. The van der Waals surface area contributed by atoms with Crippen LogP contribution in [0.1, 0.15) is 49.9 Å². The fourth-order valence-corrected chi connectivity index (χ4v) is 8.18. The Hall–Kier alpha value is -2.56. The summed E-state index contributed by atoms with van der Waals surface area (Å²) in [7, 11) is -4.43. The van der Waals surface area contributed by atoms with Crippen LogP contribution in [-0.2, 0) is 30.5 Å². The monoisotopic (exact) mass is 655 g/mol. The smallest absolute Gasteiger partial charge is 0.305 e. The highest BCUT2D eigenvalue weighted by Crippen LogP contribution is 2.45. The van der Waals surface area contributed by atoms with Gasteiger partial charge in [0, 0.05) is 30.5 Å².